The van der Waals surface area contributed by atoms with Gasteiger partial charge in [0.15, 0.2) is 6.61 Å². The van der Waals surface area contributed by atoms with Gasteiger partial charge in [-0.05, 0) is 38.1 Å². The van der Waals surface area contributed by atoms with Gasteiger partial charge in [0.25, 0.3) is 5.91 Å². The summed E-state index contributed by atoms with van der Waals surface area (Å²) in [7, 11) is 1.76. The summed E-state index contributed by atoms with van der Waals surface area (Å²) in [6, 6.07) is 8.10. The lowest BCUT2D eigenvalue weighted by Gasteiger charge is -2.17. The van der Waals surface area contributed by atoms with Gasteiger partial charge in [-0.25, -0.2) is 14.8 Å². The molecule has 4 N–H and O–H groups in total. The van der Waals surface area contributed by atoms with E-state index in [0.29, 0.717) is 22.2 Å². The molecule has 0 saturated heterocycles. The minimum atomic E-state index is -0.641. The molecule has 32 heavy (non-hydrogen) atoms. The van der Waals surface area contributed by atoms with E-state index in [1.54, 1.807) is 30.4 Å². The average Bonchev–Trinajstić information content (AvgIpc) is 3.35. The number of amides is 1. The first-order valence-corrected chi connectivity index (χ1v) is 10.4. The predicted octanol–water partition coefficient (Wildman–Crippen LogP) is 3.18. The second kappa shape index (κ2) is 9.01. The van der Waals surface area contributed by atoms with Crippen molar-refractivity contribution in [1.82, 2.24) is 25.9 Å². The summed E-state index contributed by atoms with van der Waals surface area (Å²) in [5, 5.41) is 15.7. The van der Waals surface area contributed by atoms with Gasteiger partial charge < -0.3 is 15.4 Å². The first-order valence-electron chi connectivity index (χ1n) is 9.99. The fourth-order valence-electron chi connectivity index (χ4n) is 3.27. The number of aromatic amines is 1. The van der Waals surface area contributed by atoms with Crippen LogP contribution >= 0.6 is 11.6 Å². The maximum atomic E-state index is 14.8. The Labute approximate surface area is 188 Å². The minimum absolute atomic E-state index is 0.00722. The second-order valence-corrected chi connectivity index (χ2v) is 8.00. The number of hydrogen-bond donors (Lipinski definition) is 4. The van der Waals surface area contributed by atoms with Gasteiger partial charge in [-0.2, -0.15) is 5.10 Å². The Morgan fingerprint density at radius 2 is 2.16 bits per heavy atom. The van der Waals surface area contributed by atoms with Crippen LogP contribution in [-0.2, 0) is 4.79 Å². The molecule has 11 heteroatoms. The van der Waals surface area contributed by atoms with E-state index >= 15 is 0 Å². The highest BCUT2D eigenvalue weighted by Crippen LogP contribution is 2.31. The lowest BCUT2D eigenvalue weighted by Crippen LogP contribution is -2.37. The smallest absolute Gasteiger partial charge is 0.258 e. The molecule has 2 heterocycles. The molecular weight excluding hydrogens is 437 g/mol. The van der Waals surface area contributed by atoms with E-state index in [2.05, 4.69) is 31.2 Å². The van der Waals surface area contributed by atoms with Crippen LogP contribution in [0.4, 0.5) is 10.1 Å². The molecular formula is C21H23ClFN7O2. The van der Waals surface area contributed by atoms with Crippen LogP contribution in [0, 0.1) is 5.82 Å². The molecule has 0 bridgehead atoms. The number of guanidine groups is 1. The molecule has 2 aromatic carbocycles. The summed E-state index contributed by atoms with van der Waals surface area (Å²) in [6.45, 7) is 3.52. The maximum Gasteiger partial charge on any atom is 0.258 e. The number of carbonyl (C=O) groups excluding carboxylic acids is 1. The van der Waals surface area contributed by atoms with Crippen LogP contribution in [-0.4, -0.2) is 46.8 Å². The summed E-state index contributed by atoms with van der Waals surface area (Å²) >= 11 is 6.47. The van der Waals surface area contributed by atoms with Gasteiger partial charge in [0, 0.05) is 30.1 Å². The molecule has 1 amide bonds. The monoisotopic (exact) mass is 459 g/mol. The number of nitrogens with zero attached hydrogens (tertiary/aromatic N) is 3. The predicted molar refractivity (Wildman–Crippen MR) is 121 cm³/mol. The van der Waals surface area contributed by atoms with Crippen molar-refractivity contribution in [2.45, 2.75) is 26.1 Å². The first-order chi connectivity index (χ1) is 15.3. The topological polar surface area (TPSA) is 107 Å². The van der Waals surface area contributed by atoms with E-state index in [1.165, 1.54) is 6.07 Å². The quantitative estimate of drug-likeness (QED) is 0.451. The first kappa shape index (κ1) is 21.8. The number of ether oxygens (including phenoxy) is 1. The van der Waals surface area contributed by atoms with E-state index in [-0.39, 0.29) is 24.3 Å². The van der Waals surface area contributed by atoms with Gasteiger partial charge in [-0.1, -0.05) is 11.6 Å². The third-order valence-electron chi connectivity index (χ3n) is 4.78. The number of benzene rings is 2. The summed E-state index contributed by atoms with van der Waals surface area (Å²) in [4.78, 5) is 16.2. The Kier molecular flexibility index (Phi) is 6.15. The molecule has 0 saturated carbocycles. The van der Waals surface area contributed by atoms with Crippen LogP contribution in [0.25, 0.3) is 10.9 Å². The highest BCUT2D eigenvalue weighted by atomic mass is 35.5. The summed E-state index contributed by atoms with van der Waals surface area (Å²) in [5.74, 6) is -0.0273. The van der Waals surface area contributed by atoms with Crippen LogP contribution in [0.15, 0.2) is 41.5 Å². The fourth-order valence-corrected chi connectivity index (χ4v) is 3.53. The maximum absolute atomic E-state index is 14.8. The Bertz CT molecular complexity index is 1180. The van der Waals surface area contributed by atoms with Crippen molar-refractivity contribution in [3.63, 3.8) is 0 Å². The largest absolute Gasteiger partial charge is 0.484 e. The summed E-state index contributed by atoms with van der Waals surface area (Å²) in [6.07, 6.45) is 1.01. The van der Waals surface area contributed by atoms with E-state index < -0.39 is 12.0 Å². The van der Waals surface area contributed by atoms with Gasteiger partial charge in [0.05, 0.1) is 22.4 Å². The lowest BCUT2D eigenvalue weighted by atomic mass is 10.1. The zero-order valence-corrected chi connectivity index (χ0v) is 18.5. The van der Waals surface area contributed by atoms with Crippen LogP contribution in [0.5, 0.6) is 5.75 Å². The number of carbonyl (C=O) groups is 1. The Morgan fingerprint density at radius 1 is 1.34 bits per heavy atom. The molecule has 1 unspecified atom stereocenters. The number of aliphatic imine (C=N–C) groups is 1. The molecule has 0 radical (unpaired) electrons. The van der Waals surface area contributed by atoms with Crippen molar-refractivity contribution < 1.29 is 13.9 Å². The van der Waals surface area contributed by atoms with Crippen LogP contribution in [0.2, 0.25) is 5.02 Å². The molecule has 1 aromatic heterocycles. The zero-order valence-electron chi connectivity index (χ0n) is 17.7. The highest BCUT2D eigenvalue weighted by molar-refractivity contribution is 6.38. The number of nitrogens with one attached hydrogen (secondary N) is 4. The van der Waals surface area contributed by atoms with Crippen molar-refractivity contribution in [2.75, 3.05) is 19.0 Å². The number of H-pyrrole nitrogens is 1. The molecule has 1 aliphatic heterocycles. The lowest BCUT2D eigenvalue weighted by molar-refractivity contribution is -0.123. The number of fused-ring (bicyclic) bond motifs is 1. The van der Waals surface area contributed by atoms with Crippen LogP contribution in [0.3, 0.4) is 0 Å². The average molecular weight is 460 g/mol. The fraction of sp³-hybridized carbons (Fsp3) is 0.286. The van der Waals surface area contributed by atoms with Crippen molar-refractivity contribution in [1.29, 1.82) is 0 Å². The molecule has 1 atom stereocenters. The molecule has 9 nitrogen and oxygen atoms in total. The van der Waals surface area contributed by atoms with Gasteiger partial charge in [-0.3, -0.25) is 14.9 Å². The van der Waals surface area contributed by atoms with Crippen molar-refractivity contribution in [3.05, 3.63) is 52.9 Å². The standard InChI is InChI=1S/C21H23ClFN7O2/c1-11(2)25-18(31)10-32-12-4-5-13(15(23)8-12)20-27-21(30(3)29-20)26-17-7-6-16-14(19(17)22)9-24-28-16/h4-9,11,20,29H,10H2,1-3H3,(H,24,28)(H,25,31)(H,26,27). The SMILES string of the molecule is CC(C)NC(=O)COc1ccc(C2N=C(Nc3ccc4[nH]ncc4c3Cl)N(C)N2)c(F)c1. The van der Waals surface area contributed by atoms with Gasteiger partial charge >= 0.3 is 0 Å². The summed E-state index contributed by atoms with van der Waals surface area (Å²) in [5.41, 5.74) is 4.90. The number of anilines is 1. The Hall–Kier alpha value is -3.37. The molecule has 0 aliphatic carbocycles. The Balaban J connectivity index is 1.47. The summed E-state index contributed by atoms with van der Waals surface area (Å²) < 4.78 is 20.1. The van der Waals surface area contributed by atoms with Gasteiger partial charge in [0.1, 0.15) is 17.7 Å². The number of hydrogen-bond acceptors (Lipinski definition) is 7. The third-order valence-corrected chi connectivity index (χ3v) is 5.18. The highest BCUT2D eigenvalue weighted by Gasteiger charge is 2.26. The van der Waals surface area contributed by atoms with E-state index in [9.17, 15) is 9.18 Å². The molecule has 0 spiro atoms. The third kappa shape index (κ3) is 4.61. The van der Waals surface area contributed by atoms with Gasteiger partial charge in [0.2, 0.25) is 5.96 Å². The normalized spacial score (nSPS) is 15.9. The molecule has 4 rings (SSSR count). The van der Waals surface area contributed by atoms with Crippen molar-refractivity contribution >= 4 is 40.1 Å². The van der Waals surface area contributed by atoms with Gasteiger partial charge in [-0.15, -0.1) is 0 Å². The van der Waals surface area contributed by atoms with Crippen LogP contribution < -0.4 is 20.8 Å². The number of rotatable bonds is 6. The van der Waals surface area contributed by atoms with E-state index in [4.69, 9.17) is 16.3 Å². The number of halogens is 2. The van der Waals surface area contributed by atoms with Crippen molar-refractivity contribution in [3.8, 4) is 5.75 Å². The molecule has 3 aromatic rings. The minimum Gasteiger partial charge on any atom is -0.484 e. The molecule has 0 fully saturated rings. The second-order valence-electron chi connectivity index (χ2n) is 7.62. The van der Waals surface area contributed by atoms with Crippen LogP contribution in [0.1, 0.15) is 25.6 Å². The Morgan fingerprint density at radius 3 is 2.91 bits per heavy atom. The van der Waals surface area contributed by atoms with E-state index in [1.807, 2.05) is 26.0 Å². The van der Waals surface area contributed by atoms with Crippen molar-refractivity contribution in [2.24, 2.45) is 4.99 Å². The molecule has 168 valence electrons. The van der Waals surface area contributed by atoms with E-state index in [0.717, 1.165) is 10.9 Å². The number of hydrazine groups is 1. The zero-order chi connectivity index (χ0) is 22.8. The number of aromatic nitrogens is 2. The molecule has 1 aliphatic rings.